The van der Waals surface area contributed by atoms with Crippen LogP contribution in [0.5, 0.6) is 5.75 Å². The Morgan fingerprint density at radius 3 is 2.50 bits per heavy atom. The van der Waals surface area contributed by atoms with Gasteiger partial charge in [-0.25, -0.2) is 13.1 Å². The Bertz CT molecular complexity index is 732. The SMILES string of the molecule is Cc1ccc(S(=O)(=O)NCC(C)Oc2ccccc2)c(Br)c1. The molecule has 0 fully saturated rings. The van der Waals surface area contributed by atoms with Crippen LogP contribution in [0.15, 0.2) is 57.9 Å². The van der Waals surface area contributed by atoms with Crippen LogP contribution in [-0.4, -0.2) is 21.1 Å². The molecule has 0 bridgehead atoms. The van der Waals surface area contributed by atoms with Gasteiger partial charge in [-0.05, 0) is 59.6 Å². The molecule has 22 heavy (non-hydrogen) atoms. The van der Waals surface area contributed by atoms with Crippen molar-refractivity contribution >= 4 is 26.0 Å². The van der Waals surface area contributed by atoms with Gasteiger partial charge in [0, 0.05) is 11.0 Å². The first-order chi connectivity index (χ1) is 10.4. The number of ether oxygens (including phenoxy) is 1. The number of aryl methyl sites for hydroxylation is 1. The lowest BCUT2D eigenvalue weighted by atomic mass is 10.2. The fraction of sp³-hybridized carbons (Fsp3) is 0.250. The quantitative estimate of drug-likeness (QED) is 0.830. The average molecular weight is 384 g/mol. The van der Waals surface area contributed by atoms with E-state index >= 15 is 0 Å². The highest BCUT2D eigenvalue weighted by Gasteiger charge is 2.18. The average Bonchev–Trinajstić information content (AvgIpc) is 2.46. The summed E-state index contributed by atoms with van der Waals surface area (Å²) in [5.41, 5.74) is 0.992. The maximum Gasteiger partial charge on any atom is 0.241 e. The number of sulfonamides is 1. The summed E-state index contributed by atoms with van der Waals surface area (Å²) in [4.78, 5) is 0.227. The second-order valence-electron chi connectivity index (χ2n) is 5.03. The van der Waals surface area contributed by atoms with Crippen LogP contribution in [0.25, 0.3) is 0 Å². The Morgan fingerprint density at radius 1 is 1.18 bits per heavy atom. The van der Waals surface area contributed by atoms with Gasteiger partial charge in [0.1, 0.15) is 11.9 Å². The van der Waals surface area contributed by atoms with Gasteiger partial charge >= 0.3 is 0 Å². The molecule has 1 N–H and O–H groups in total. The second kappa shape index (κ2) is 7.26. The van der Waals surface area contributed by atoms with Gasteiger partial charge in [-0.2, -0.15) is 0 Å². The molecule has 0 radical (unpaired) electrons. The molecule has 0 aliphatic carbocycles. The van der Waals surface area contributed by atoms with Gasteiger partial charge in [0.05, 0.1) is 4.90 Å². The lowest BCUT2D eigenvalue weighted by molar-refractivity contribution is 0.225. The molecule has 0 aromatic heterocycles. The van der Waals surface area contributed by atoms with E-state index in [1.165, 1.54) is 0 Å². The summed E-state index contributed by atoms with van der Waals surface area (Å²) >= 11 is 3.29. The summed E-state index contributed by atoms with van der Waals surface area (Å²) in [6, 6.07) is 14.4. The molecule has 2 aromatic rings. The molecule has 0 heterocycles. The first-order valence-electron chi connectivity index (χ1n) is 6.86. The minimum atomic E-state index is -3.57. The summed E-state index contributed by atoms with van der Waals surface area (Å²) < 4.78 is 33.4. The fourth-order valence-electron chi connectivity index (χ4n) is 1.90. The summed E-state index contributed by atoms with van der Waals surface area (Å²) in [6.45, 7) is 3.92. The highest BCUT2D eigenvalue weighted by molar-refractivity contribution is 9.10. The molecular formula is C16H18BrNO3S. The maximum absolute atomic E-state index is 12.3. The van der Waals surface area contributed by atoms with E-state index in [-0.39, 0.29) is 17.5 Å². The van der Waals surface area contributed by atoms with Crippen molar-refractivity contribution in [2.45, 2.75) is 24.8 Å². The van der Waals surface area contributed by atoms with Crippen LogP contribution < -0.4 is 9.46 Å². The smallest absolute Gasteiger partial charge is 0.241 e. The molecule has 1 atom stereocenters. The Hall–Kier alpha value is -1.37. The predicted molar refractivity (Wildman–Crippen MR) is 90.6 cm³/mol. The Balaban J connectivity index is 2.00. The number of hydrogen-bond donors (Lipinski definition) is 1. The minimum Gasteiger partial charge on any atom is -0.489 e. The zero-order valence-electron chi connectivity index (χ0n) is 12.4. The Labute approximate surface area is 139 Å². The number of halogens is 1. The standard InChI is InChI=1S/C16H18BrNO3S/c1-12-8-9-16(15(17)10-12)22(19,20)18-11-13(2)21-14-6-4-3-5-7-14/h3-10,13,18H,11H2,1-2H3. The van der Waals surface area contributed by atoms with Gasteiger partial charge in [0.25, 0.3) is 0 Å². The van der Waals surface area contributed by atoms with Crippen molar-refractivity contribution in [3.05, 3.63) is 58.6 Å². The van der Waals surface area contributed by atoms with Gasteiger partial charge < -0.3 is 4.74 Å². The van der Waals surface area contributed by atoms with E-state index in [1.54, 1.807) is 18.2 Å². The van der Waals surface area contributed by atoms with Crippen LogP contribution in [-0.2, 0) is 10.0 Å². The van der Waals surface area contributed by atoms with Crippen molar-refractivity contribution in [2.75, 3.05) is 6.54 Å². The maximum atomic E-state index is 12.3. The van der Waals surface area contributed by atoms with Crippen LogP contribution in [0, 0.1) is 6.92 Å². The van der Waals surface area contributed by atoms with Crippen LogP contribution in [0.1, 0.15) is 12.5 Å². The van der Waals surface area contributed by atoms with Gasteiger partial charge in [0.15, 0.2) is 0 Å². The van der Waals surface area contributed by atoms with Crippen LogP contribution in [0.2, 0.25) is 0 Å². The van der Waals surface area contributed by atoms with E-state index in [1.807, 2.05) is 44.2 Å². The molecule has 0 saturated carbocycles. The van der Waals surface area contributed by atoms with Crippen LogP contribution >= 0.6 is 15.9 Å². The Kier molecular flexibility index (Phi) is 5.61. The third kappa shape index (κ3) is 4.56. The van der Waals surface area contributed by atoms with Crippen molar-refractivity contribution in [3.8, 4) is 5.75 Å². The number of para-hydroxylation sites is 1. The van der Waals surface area contributed by atoms with Gasteiger partial charge in [-0.1, -0.05) is 24.3 Å². The largest absolute Gasteiger partial charge is 0.489 e. The zero-order chi connectivity index (χ0) is 16.2. The molecule has 6 heteroatoms. The summed E-state index contributed by atoms with van der Waals surface area (Å²) in [5.74, 6) is 0.714. The lowest BCUT2D eigenvalue weighted by Crippen LogP contribution is -2.33. The van der Waals surface area contributed by atoms with Gasteiger partial charge in [0.2, 0.25) is 10.0 Å². The molecule has 118 valence electrons. The molecule has 0 amide bonds. The molecular weight excluding hydrogens is 366 g/mol. The molecule has 0 aliphatic heterocycles. The molecule has 2 aromatic carbocycles. The van der Waals surface area contributed by atoms with Crippen molar-refractivity contribution in [3.63, 3.8) is 0 Å². The zero-order valence-corrected chi connectivity index (χ0v) is 14.8. The first kappa shape index (κ1) is 17.0. The number of hydrogen-bond acceptors (Lipinski definition) is 3. The molecule has 0 aliphatic rings. The van der Waals surface area contributed by atoms with E-state index < -0.39 is 10.0 Å². The summed E-state index contributed by atoms with van der Waals surface area (Å²) in [6.07, 6.45) is -0.276. The van der Waals surface area contributed by atoms with Gasteiger partial charge in [-0.3, -0.25) is 0 Å². The van der Waals surface area contributed by atoms with E-state index in [2.05, 4.69) is 20.7 Å². The number of nitrogens with one attached hydrogen (secondary N) is 1. The highest BCUT2D eigenvalue weighted by Crippen LogP contribution is 2.22. The first-order valence-corrected chi connectivity index (χ1v) is 9.13. The van der Waals surface area contributed by atoms with Crippen molar-refractivity contribution in [2.24, 2.45) is 0 Å². The Morgan fingerprint density at radius 2 is 1.86 bits per heavy atom. The van der Waals surface area contributed by atoms with Crippen molar-refractivity contribution in [1.29, 1.82) is 0 Å². The number of rotatable bonds is 6. The van der Waals surface area contributed by atoms with E-state index in [0.717, 1.165) is 5.56 Å². The fourth-order valence-corrected chi connectivity index (χ4v) is 4.21. The summed E-state index contributed by atoms with van der Waals surface area (Å²) in [7, 11) is -3.57. The highest BCUT2D eigenvalue weighted by atomic mass is 79.9. The normalized spacial score (nSPS) is 12.9. The monoisotopic (exact) mass is 383 g/mol. The molecule has 0 saturated heterocycles. The minimum absolute atomic E-state index is 0.192. The van der Waals surface area contributed by atoms with E-state index in [9.17, 15) is 8.42 Å². The van der Waals surface area contributed by atoms with Crippen LogP contribution in [0.4, 0.5) is 0 Å². The second-order valence-corrected chi connectivity index (χ2v) is 7.62. The van der Waals surface area contributed by atoms with Crippen LogP contribution in [0.3, 0.4) is 0 Å². The number of benzene rings is 2. The molecule has 0 spiro atoms. The molecule has 1 unspecified atom stereocenters. The topological polar surface area (TPSA) is 55.4 Å². The third-order valence-electron chi connectivity index (χ3n) is 3.02. The van der Waals surface area contributed by atoms with Crippen molar-refractivity contribution < 1.29 is 13.2 Å². The van der Waals surface area contributed by atoms with E-state index in [4.69, 9.17) is 4.74 Å². The molecule has 2 rings (SSSR count). The predicted octanol–water partition coefficient (Wildman–Crippen LogP) is 3.50. The van der Waals surface area contributed by atoms with E-state index in [0.29, 0.717) is 10.2 Å². The third-order valence-corrected chi connectivity index (χ3v) is 5.42. The molecule has 4 nitrogen and oxygen atoms in total. The summed E-state index contributed by atoms with van der Waals surface area (Å²) in [5, 5.41) is 0. The lowest BCUT2D eigenvalue weighted by Gasteiger charge is -2.16. The van der Waals surface area contributed by atoms with Crippen molar-refractivity contribution in [1.82, 2.24) is 4.72 Å². The van der Waals surface area contributed by atoms with Gasteiger partial charge in [-0.15, -0.1) is 0 Å².